The number of rotatable bonds is 3. The predicted molar refractivity (Wildman–Crippen MR) is 51.5 cm³/mol. The largest absolute Gasteiger partial charge is 0.355 e. The molecule has 4 heteroatoms. The minimum atomic E-state index is -0.664. The lowest BCUT2D eigenvalue weighted by Crippen LogP contribution is -2.42. The molecule has 0 aliphatic carbocycles. The minimum absolute atomic E-state index is 0.303. The standard InChI is InChI=1S/C10H13NO3/c1-10(14-3)6-8(9(13)7-12)4-5-11(10)2/h4-7H,1-3H3. The molecule has 1 atom stereocenters. The average Bonchev–Trinajstić information content (AvgIpc) is 2.21. The Morgan fingerprint density at radius 3 is 2.79 bits per heavy atom. The molecule has 0 radical (unpaired) electrons. The lowest BCUT2D eigenvalue weighted by Gasteiger charge is -2.36. The van der Waals surface area contributed by atoms with E-state index >= 15 is 0 Å². The Labute approximate surface area is 82.8 Å². The number of ketones is 1. The van der Waals surface area contributed by atoms with Crippen molar-refractivity contribution in [2.45, 2.75) is 12.6 Å². The Kier molecular flexibility index (Phi) is 2.86. The number of carbonyl (C=O) groups is 2. The van der Waals surface area contributed by atoms with Crippen molar-refractivity contribution in [3.63, 3.8) is 0 Å². The molecule has 0 N–H and O–H groups in total. The number of Topliss-reactive ketones (excluding diaryl/α,β-unsaturated/α-hetero) is 1. The van der Waals surface area contributed by atoms with Crippen LogP contribution in [0.3, 0.4) is 0 Å². The third kappa shape index (κ3) is 1.75. The van der Waals surface area contributed by atoms with E-state index in [1.807, 2.05) is 18.9 Å². The maximum Gasteiger partial charge on any atom is 0.225 e. The summed E-state index contributed by atoms with van der Waals surface area (Å²) < 4.78 is 5.25. The summed E-state index contributed by atoms with van der Waals surface area (Å²) in [5.41, 5.74) is -0.301. The van der Waals surface area contributed by atoms with E-state index in [2.05, 4.69) is 0 Å². The Hall–Kier alpha value is -1.42. The highest BCUT2D eigenvalue weighted by molar-refractivity contribution is 6.34. The number of hydrogen-bond donors (Lipinski definition) is 0. The second-order valence-electron chi connectivity index (χ2n) is 3.27. The molecule has 0 aromatic rings. The molecule has 0 saturated heterocycles. The number of allylic oxidation sites excluding steroid dienone is 2. The van der Waals surface area contributed by atoms with E-state index in [0.717, 1.165) is 0 Å². The van der Waals surface area contributed by atoms with Gasteiger partial charge in [0.15, 0.2) is 12.0 Å². The van der Waals surface area contributed by atoms with Gasteiger partial charge < -0.3 is 9.64 Å². The topological polar surface area (TPSA) is 46.6 Å². The third-order valence-corrected chi connectivity index (χ3v) is 2.41. The first-order chi connectivity index (χ1) is 6.53. The Morgan fingerprint density at radius 1 is 1.64 bits per heavy atom. The number of hydrogen-bond acceptors (Lipinski definition) is 4. The number of methoxy groups -OCH3 is 1. The van der Waals surface area contributed by atoms with E-state index in [9.17, 15) is 9.59 Å². The Balaban J connectivity index is 3.02. The molecular weight excluding hydrogens is 182 g/mol. The molecule has 14 heavy (non-hydrogen) atoms. The average molecular weight is 195 g/mol. The van der Waals surface area contributed by atoms with Gasteiger partial charge in [0.1, 0.15) is 0 Å². The van der Waals surface area contributed by atoms with E-state index < -0.39 is 11.5 Å². The minimum Gasteiger partial charge on any atom is -0.355 e. The van der Waals surface area contributed by atoms with E-state index in [1.54, 1.807) is 25.5 Å². The van der Waals surface area contributed by atoms with Crippen LogP contribution in [0.15, 0.2) is 23.9 Å². The first kappa shape index (κ1) is 10.7. The molecule has 0 fully saturated rings. The molecule has 0 bridgehead atoms. The first-order valence-electron chi connectivity index (χ1n) is 4.22. The summed E-state index contributed by atoms with van der Waals surface area (Å²) in [7, 11) is 3.38. The Bertz CT molecular complexity index is 319. The van der Waals surface area contributed by atoms with Gasteiger partial charge in [0, 0.05) is 25.9 Å². The van der Waals surface area contributed by atoms with Crippen LogP contribution in [-0.4, -0.2) is 36.9 Å². The molecule has 0 amide bonds. The molecule has 1 aliphatic heterocycles. The van der Waals surface area contributed by atoms with Crippen molar-refractivity contribution in [1.82, 2.24) is 4.90 Å². The maximum atomic E-state index is 11.1. The highest BCUT2D eigenvalue weighted by atomic mass is 16.5. The van der Waals surface area contributed by atoms with Crippen LogP contribution in [0.4, 0.5) is 0 Å². The van der Waals surface area contributed by atoms with E-state index in [4.69, 9.17) is 4.74 Å². The van der Waals surface area contributed by atoms with Gasteiger partial charge in [-0.05, 0) is 19.1 Å². The summed E-state index contributed by atoms with van der Waals surface area (Å²) in [6.45, 7) is 1.81. The van der Waals surface area contributed by atoms with Gasteiger partial charge in [-0.2, -0.15) is 0 Å². The van der Waals surface area contributed by atoms with Crippen molar-refractivity contribution < 1.29 is 14.3 Å². The normalized spacial score (nSPS) is 25.9. The van der Waals surface area contributed by atoms with Crippen LogP contribution in [0.2, 0.25) is 0 Å². The summed E-state index contributed by atoms with van der Waals surface area (Å²) in [6.07, 6.45) is 5.24. The lowest BCUT2D eigenvalue weighted by molar-refractivity contribution is -0.127. The number of ether oxygens (including phenoxy) is 1. The van der Waals surface area contributed by atoms with Gasteiger partial charge in [0.25, 0.3) is 0 Å². The van der Waals surface area contributed by atoms with Crippen molar-refractivity contribution in [2.75, 3.05) is 14.2 Å². The zero-order valence-electron chi connectivity index (χ0n) is 8.48. The van der Waals surface area contributed by atoms with Crippen LogP contribution >= 0.6 is 0 Å². The van der Waals surface area contributed by atoms with Crippen LogP contribution < -0.4 is 0 Å². The molecule has 0 aromatic carbocycles. The van der Waals surface area contributed by atoms with Gasteiger partial charge in [-0.15, -0.1) is 0 Å². The summed E-state index contributed by atoms with van der Waals surface area (Å²) in [6, 6.07) is 0. The zero-order valence-corrected chi connectivity index (χ0v) is 8.48. The molecular formula is C10H13NO3. The van der Waals surface area contributed by atoms with Gasteiger partial charge in [-0.1, -0.05) is 0 Å². The third-order valence-electron chi connectivity index (χ3n) is 2.41. The van der Waals surface area contributed by atoms with Crippen LogP contribution in [0.25, 0.3) is 0 Å². The number of nitrogens with zero attached hydrogens (tertiary/aromatic N) is 1. The lowest BCUT2D eigenvalue weighted by atomic mass is 10.0. The first-order valence-corrected chi connectivity index (χ1v) is 4.22. The van der Waals surface area contributed by atoms with Crippen LogP contribution in [0, 0.1) is 0 Å². The van der Waals surface area contributed by atoms with Crippen molar-refractivity contribution >= 4 is 12.1 Å². The smallest absolute Gasteiger partial charge is 0.225 e. The second kappa shape index (κ2) is 3.75. The highest BCUT2D eigenvalue weighted by Gasteiger charge is 2.28. The van der Waals surface area contributed by atoms with Crippen molar-refractivity contribution in [3.8, 4) is 0 Å². The number of aldehydes is 1. The summed E-state index contributed by atoms with van der Waals surface area (Å²) in [5, 5.41) is 0. The quantitative estimate of drug-likeness (QED) is 0.486. The monoisotopic (exact) mass is 195 g/mol. The van der Waals surface area contributed by atoms with Crippen molar-refractivity contribution in [1.29, 1.82) is 0 Å². The SMILES string of the molecule is COC1(C)C=C(C(=O)C=O)C=CN1C. The molecule has 0 spiro atoms. The Morgan fingerprint density at radius 2 is 2.29 bits per heavy atom. The summed E-state index contributed by atoms with van der Waals surface area (Å²) in [4.78, 5) is 23.2. The van der Waals surface area contributed by atoms with Crippen molar-refractivity contribution in [2.24, 2.45) is 0 Å². The molecule has 1 aliphatic rings. The molecule has 4 nitrogen and oxygen atoms in total. The van der Waals surface area contributed by atoms with E-state index in [1.165, 1.54) is 0 Å². The highest BCUT2D eigenvalue weighted by Crippen LogP contribution is 2.23. The second-order valence-corrected chi connectivity index (χ2v) is 3.27. The van der Waals surface area contributed by atoms with Crippen LogP contribution in [0.1, 0.15) is 6.92 Å². The van der Waals surface area contributed by atoms with Gasteiger partial charge in [-0.25, -0.2) is 0 Å². The van der Waals surface area contributed by atoms with Crippen LogP contribution in [0.5, 0.6) is 0 Å². The van der Waals surface area contributed by atoms with E-state index in [-0.39, 0.29) is 0 Å². The van der Waals surface area contributed by atoms with E-state index in [0.29, 0.717) is 11.9 Å². The molecule has 0 saturated carbocycles. The molecule has 0 aromatic heterocycles. The zero-order chi connectivity index (χ0) is 10.8. The summed E-state index contributed by atoms with van der Waals surface area (Å²) >= 11 is 0. The fourth-order valence-corrected chi connectivity index (χ4v) is 1.20. The fraction of sp³-hybridized carbons (Fsp3) is 0.400. The number of carbonyl (C=O) groups excluding carboxylic acids is 2. The predicted octanol–water partition coefficient (Wildman–Crippen LogP) is 0.502. The van der Waals surface area contributed by atoms with Gasteiger partial charge in [-0.3, -0.25) is 9.59 Å². The molecule has 1 unspecified atom stereocenters. The van der Waals surface area contributed by atoms with Crippen molar-refractivity contribution in [3.05, 3.63) is 23.9 Å². The van der Waals surface area contributed by atoms with Gasteiger partial charge in [0.2, 0.25) is 5.78 Å². The molecule has 1 rings (SSSR count). The molecule has 76 valence electrons. The van der Waals surface area contributed by atoms with Crippen LogP contribution in [-0.2, 0) is 14.3 Å². The fourth-order valence-electron chi connectivity index (χ4n) is 1.20. The van der Waals surface area contributed by atoms with Gasteiger partial charge >= 0.3 is 0 Å². The maximum absolute atomic E-state index is 11.1. The number of likely N-dealkylation sites (N-methyl/N-ethyl adjacent to an activating group) is 1. The summed E-state index contributed by atoms with van der Waals surface area (Å²) in [5.74, 6) is -0.530. The molecule has 1 heterocycles. The van der Waals surface area contributed by atoms with Gasteiger partial charge in [0.05, 0.1) is 0 Å².